The van der Waals surface area contributed by atoms with Crippen LogP contribution in [0.3, 0.4) is 0 Å². The molecule has 6 nitrogen and oxygen atoms in total. The van der Waals surface area contributed by atoms with E-state index in [9.17, 15) is 4.79 Å². The Morgan fingerprint density at radius 1 is 1.03 bits per heavy atom. The van der Waals surface area contributed by atoms with Gasteiger partial charge in [0.1, 0.15) is 11.6 Å². The Balaban J connectivity index is 1.53. The minimum atomic E-state index is 0.138. The molecular formula is C23H35N5O. The van der Waals surface area contributed by atoms with Gasteiger partial charge in [0, 0.05) is 31.0 Å². The lowest BCUT2D eigenvalue weighted by molar-refractivity contribution is -0.136. The zero-order chi connectivity index (χ0) is 20.5. The van der Waals surface area contributed by atoms with E-state index in [0.717, 1.165) is 75.5 Å². The van der Waals surface area contributed by atoms with Crippen molar-refractivity contribution in [2.45, 2.75) is 64.8 Å². The summed E-state index contributed by atoms with van der Waals surface area (Å²) >= 11 is 0. The first-order valence-corrected chi connectivity index (χ1v) is 11.2. The highest BCUT2D eigenvalue weighted by atomic mass is 16.2. The molecule has 0 radical (unpaired) electrons. The highest BCUT2D eigenvalue weighted by Gasteiger charge is 2.32. The predicted octanol–water partition coefficient (Wildman–Crippen LogP) is 3.35. The smallest absolute Gasteiger partial charge is 0.226 e. The van der Waals surface area contributed by atoms with Gasteiger partial charge in [-0.15, -0.1) is 0 Å². The number of likely N-dealkylation sites (tertiary alicyclic amines) is 1. The number of hydrogen-bond donors (Lipinski definition) is 1. The molecule has 1 amide bonds. The summed E-state index contributed by atoms with van der Waals surface area (Å²) in [4.78, 5) is 27.5. The first kappa shape index (κ1) is 20.3. The van der Waals surface area contributed by atoms with Crippen LogP contribution < -0.4 is 5.32 Å². The summed E-state index contributed by atoms with van der Waals surface area (Å²) < 4.78 is 0. The summed E-state index contributed by atoms with van der Waals surface area (Å²) in [7, 11) is 4.12. The van der Waals surface area contributed by atoms with Crippen molar-refractivity contribution in [2.24, 2.45) is 5.92 Å². The molecule has 1 atom stereocenters. The maximum Gasteiger partial charge on any atom is 0.226 e. The number of carbonyl (C=O) groups excluding carboxylic acids is 1. The van der Waals surface area contributed by atoms with E-state index in [1.807, 2.05) is 11.9 Å². The van der Waals surface area contributed by atoms with Crippen LogP contribution in [0.25, 0.3) is 0 Å². The zero-order valence-electron chi connectivity index (χ0n) is 18.4. The number of amides is 1. The third-order valence-corrected chi connectivity index (χ3v) is 7.21. The Kier molecular flexibility index (Phi) is 5.91. The van der Waals surface area contributed by atoms with Gasteiger partial charge in [0.2, 0.25) is 5.91 Å². The Bertz CT molecular complexity index is 810. The van der Waals surface area contributed by atoms with Crippen LogP contribution in [0.5, 0.6) is 0 Å². The van der Waals surface area contributed by atoms with Gasteiger partial charge in [0.05, 0.1) is 12.2 Å². The lowest BCUT2D eigenvalue weighted by atomic mass is 9.84. The van der Waals surface area contributed by atoms with Crippen molar-refractivity contribution in [1.29, 1.82) is 0 Å². The molecule has 2 aliphatic heterocycles. The Morgan fingerprint density at radius 2 is 1.79 bits per heavy atom. The summed E-state index contributed by atoms with van der Waals surface area (Å²) in [5.74, 6) is 2.79. The summed E-state index contributed by atoms with van der Waals surface area (Å²) in [6.07, 6.45) is 6.00. The second kappa shape index (κ2) is 8.42. The van der Waals surface area contributed by atoms with Crippen LogP contribution in [0.15, 0.2) is 11.1 Å². The van der Waals surface area contributed by atoms with E-state index >= 15 is 0 Å². The van der Waals surface area contributed by atoms with Crippen molar-refractivity contribution in [1.82, 2.24) is 19.8 Å². The molecule has 1 fully saturated rings. The van der Waals surface area contributed by atoms with Crippen LogP contribution in [-0.2, 0) is 17.8 Å². The summed E-state index contributed by atoms with van der Waals surface area (Å²) in [5.41, 5.74) is 5.12. The molecule has 3 aliphatic rings. The molecule has 1 saturated heterocycles. The maximum atomic E-state index is 13.2. The van der Waals surface area contributed by atoms with Gasteiger partial charge in [-0.2, -0.15) is 0 Å². The number of nitrogens with one attached hydrogen (secondary N) is 1. The van der Waals surface area contributed by atoms with Crippen LogP contribution in [-0.4, -0.2) is 59.4 Å². The van der Waals surface area contributed by atoms with E-state index < -0.39 is 0 Å². The van der Waals surface area contributed by atoms with Gasteiger partial charge >= 0.3 is 0 Å². The van der Waals surface area contributed by atoms with Crippen molar-refractivity contribution in [3.05, 3.63) is 28.2 Å². The van der Waals surface area contributed by atoms with Crippen LogP contribution in [0.4, 0.5) is 5.82 Å². The number of allylic oxidation sites excluding steroid dienone is 2. The molecule has 0 saturated carbocycles. The SMILES string of the molecule is CNc1nc(C2CCN(C)CC2)nc2c1CCN(C(=O)C1CCC(C)=C(C)C1)C2. The fraction of sp³-hybridized carbons (Fsp3) is 0.696. The molecule has 6 heteroatoms. The number of carbonyl (C=O) groups is 1. The zero-order valence-corrected chi connectivity index (χ0v) is 18.4. The first-order chi connectivity index (χ1) is 14.0. The van der Waals surface area contributed by atoms with Crippen molar-refractivity contribution in [3.63, 3.8) is 0 Å². The molecule has 0 aromatic carbocycles. The van der Waals surface area contributed by atoms with Crippen molar-refractivity contribution in [3.8, 4) is 0 Å². The van der Waals surface area contributed by atoms with Gasteiger partial charge in [0.25, 0.3) is 0 Å². The van der Waals surface area contributed by atoms with Gasteiger partial charge in [-0.3, -0.25) is 4.79 Å². The molecular weight excluding hydrogens is 362 g/mol. The van der Waals surface area contributed by atoms with Crippen LogP contribution in [0, 0.1) is 5.92 Å². The van der Waals surface area contributed by atoms with E-state index in [2.05, 4.69) is 31.1 Å². The van der Waals surface area contributed by atoms with Crippen molar-refractivity contribution in [2.75, 3.05) is 39.0 Å². The molecule has 1 aromatic rings. The minimum absolute atomic E-state index is 0.138. The summed E-state index contributed by atoms with van der Waals surface area (Å²) in [5, 5.41) is 3.29. The number of piperidine rings is 1. The van der Waals surface area contributed by atoms with Crippen LogP contribution >= 0.6 is 0 Å². The fourth-order valence-electron chi connectivity index (χ4n) is 5.01. The van der Waals surface area contributed by atoms with E-state index in [1.165, 1.54) is 16.7 Å². The molecule has 4 rings (SSSR count). The molecule has 1 N–H and O–H groups in total. The van der Waals surface area contributed by atoms with Crippen LogP contribution in [0.2, 0.25) is 0 Å². The van der Waals surface area contributed by atoms with Gasteiger partial charge in [0.15, 0.2) is 0 Å². The monoisotopic (exact) mass is 397 g/mol. The quantitative estimate of drug-likeness (QED) is 0.793. The molecule has 1 aliphatic carbocycles. The Labute approximate surface area is 174 Å². The van der Waals surface area contributed by atoms with E-state index in [1.54, 1.807) is 0 Å². The number of aromatic nitrogens is 2. The van der Waals surface area contributed by atoms with Gasteiger partial charge in [-0.1, -0.05) is 11.1 Å². The molecule has 1 unspecified atom stereocenters. The Hall–Kier alpha value is -1.95. The topological polar surface area (TPSA) is 61.4 Å². The average molecular weight is 398 g/mol. The second-order valence-corrected chi connectivity index (χ2v) is 9.19. The molecule has 3 heterocycles. The number of nitrogens with zero attached hydrogens (tertiary/aromatic N) is 4. The van der Waals surface area contributed by atoms with Crippen LogP contribution in [0.1, 0.15) is 69.0 Å². The van der Waals surface area contributed by atoms with Crippen molar-refractivity contribution < 1.29 is 4.79 Å². The second-order valence-electron chi connectivity index (χ2n) is 9.19. The predicted molar refractivity (Wildman–Crippen MR) is 116 cm³/mol. The number of rotatable bonds is 3. The van der Waals surface area contributed by atoms with Gasteiger partial charge in [-0.25, -0.2) is 9.97 Å². The fourth-order valence-corrected chi connectivity index (χ4v) is 5.01. The average Bonchev–Trinajstić information content (AvgIpc) is 2.74. The standard InChI is InChI=1S/C23H35N5O/c1-15-5-6-18(13-16(15)2)23(29)28-12-9-19-20(14-28)25-21(26-22(19)24-3)17-7-10-27(4)11-8-17/h17-18H,5-14H2,1-4H3,(H,24,25,26). The number of anilines is 1. The third kappa shape index (κ3) is 4.18. The van der Waals surface area contributed by atoms with E-state index in [-0.39, 0.29) is 5.92 Å². The highest BCUT2D eigenvalue weighted by Crippen LogP contribution is 2.33. The van der Waals surface area contributed by atoms with E-state index in [0.29, 0.717) is 18.4 Å². The highest BCUT2D eigenvalue weighted by molar-refractivity contribution is 5.80. The normalized spacial score (nSPS) is 23.9. The molecule has 1 aromatic heterocycles. The summed E-state index contributed by atoms with van der Waals surface area (Å²) in [6.45, 7) is 7.98. The molecule has 0 bridgehead atoms. The molecule has 0 spiro atoms. The Morgan fingerprint density at radius 3 is 2.48 bits per heavy atom. The third-order valence-electron chi connectivity index (χ3n) is 7.21. The van der Waals surface area contributed by atoms with Gasteiger partial charge in [-0.05, 0) is 72.5 Å². The van der Waals surface area contributed by atoms with Crippen molar-refractivity contribution >= 4 is 11.7 Å². The largest absolute Gasteiger partial charge is 0.373 e. The van der Waals surface area contributed by atoms with E-state index in [4.69, 9.17) is 9.97 Å². The lowest BCUT2D eigenvalue weighted by Crippen LogP contribution is -2.41. The summed E-state index contributed by atoms with van der Waals surface area (Å²) in [6, 6.07) is 0. The lowest BCUT2D eigenvalue weighted by Gasteiger charge is -2.34. The number of fused-ring (bicyclic) bond motifs is 1. The number of hydrogen-bond acceptors (Lipinski definition) is 5. The van der Waals surface area contributed by atoms with Gasteiger partial charge < -0.3 is 15.1 Å². The molecule has 158 valence electrons. The molecule has 29 heavy (non-hydrogen) atoms. The maximum absolute atomic E-state index is 13.2. The first-order valence-electron chi connectivity index (χ1n) is 11.2. The minimum Gasteiger partial charge on any atom is -0.373 e.